The van der Waals surface area contributed by atoms with Crippen molar-refractivity contribution in [1.29, 1.82) is 0 Å². The molecule has 0 amide bonds. The number of hydrogen-bond donors (Lipinski definition) is 5. The monoisotopic (exact) mass is 457 g/mol. The van der Waals surface area contributed by atoms with Crippen LogP contribution in [0.15, 0.2) is 54.6 Å². The number of rotatable bonds is 10. The third-order valence-electron chi connectivity index (χ3n) is 4.58. The number of carboxylic acid groups (broad SMARTS) is 2. The van der Waals surface area contributed by atoms with Crippen LogP contribution in [-0.4, -0.2) is 57.2 Å². The van der Waals surface area contributed by atoms with E-state index in [0.717, 1.165) is 12.0 Å². The van der Waals surface area contributed by atoms with Gasteiger partial charge in [-0.05, 0) is 38.3 Å². The van der Waals surface area contributed by atoms with E-state index in [2.05, 4.69) is 23.4 Å². The van der Waals surface area contributed by atoms with Gasteiger partial charge in [0.1, 0.15) is 18.5 Å². The number of carbonyl (C=O) groups is 2. The van der Waals surface area contributed by atoms with Crippen LogP contribution in [0, 0.1) is 12.3 Å². The lowest BCUT2D eigenvalue weighted by atomic mass is 10.0. The molecule has 0 aliphatic rings. The van der Waals surface area contributed by atoms with Gasteiger partial charge < -0.3 is 25.2 Å². The number of β-amino-alcohol motifs (C(OH)–C–C–N with tert-alkyl or cyclic N) is 1. The Labute approximate surface area is 193 Å². The van der Waals surface area contributed by atoms with Gasteiger partial charge in [0.25, 0.3) is 0 Å². The Morgan fingerprint density at radius 3 is 2.18 bits per heavy atom. The second kappa shape index (κ2) is 13.9. The van der Waals surface area contributed by atoms with E-state index in [4.69, 9.17) is 31.0 Å². The first-order valence-electron chi connectivity index (χ1n) is 10.4. The molecule has 0 bridgehead atoms. The van der Waals surface area contributed by atoms with Crippen LogP contribution < -0.4 is 10.1 Å². The molecule has 0 spiro atoms. The van der Waals surface area contributed by atoms with Crippen molar-refractivity contribution >= 4 is 11.9 Å². The van der Waals surface area contributed by atoms with Crippen molar-refractivity contribution in [3.05, 3.63) is 65.7 Å². The first-order valence-corrected chi connectivity index (χ1v) is 10.4. The van der Waals surface area contributed by atoms with Crippen LogP contribution in [-0.2, 0) is 16.0 Å². The van der Waals surface area contributed by atoms with Crippen molar-refractivity contribution in [1.82, 2.24) is 5.32 Å². The molecule has 0 heterocycles. The number of carboxylic acids is 2. The van der Waals surface area contributed by atoms with E-state index < -0.39 is 29.7 Å². The summed E-state index contributed by atoms with van der Waals surface area (Å²) in [7, 11) is 0. The minimum atomic E-state index is -1.82. The zero-order valence-electron chi connectivity index (χ0n) is 18.8. The molecule has 2 aromatic carbocycles. The number of aliphatic hydroxyl groups is 2. The van der Waals surface area contributed by atoms with Gasteiger partial charge in [-0.3, -0.25) is 5.32 Å². The Morgan fingerprint density at radius 1 is 1.03 bits per heavy atom. The molecule has 8 nitrogen and oxygen atoms in total. The summed E-state index contributed by atoms with van der Waals surface area (Å²) in [5, 5.41) is 38.6. The van der Waals surface area contributed by atoms with E-state index in [1.54, 1.807) is 0 Å². The van der Waals surface area contributed by atoms with Gasteiger partial charge in [-0.1, -0.05) is 54.5 Å². The van der Waals surface area contributed by atoms with Crippen LogP contribution >= 0.6 is 0 Å². The molecule has 2 aromatic rings. The standard InChI is InChI=1S/C23H29NO3.C2H2O4/c1-4-23(2,3)24-16-19(25)17-27-22-13-9-8-12-20(22)21(26)15-14-18-10-6-5-7-11-18;3-1(4)2(5)6/h1,5-13,19,21,24-26H,14-17H2,2-3H3;(H,3,4)(H,5,6). The Morgan fingerprint density at radius 2 is 1.61 bits per heavy atom. The molecule has 2 unspecified atom stereocenters. The largest absolute Gasteiger partial charge is 0.490 e. The zero-order valence-corrected chi connectivity index (χ0v) is 18.8. The minimum absolute atomic E-state index is 0.121. The fourth-order valence-corrected chi connectivity index (χ4v) is 2.66. The third-order valence-corrected chi connectivity index (χ3v) is 4.58. The lowest BCUT2D eigenvalue weighted by Gasteiger charge is -2.23. The maximum atomic E-state index is 10.6. The Bertz CT molecular complexity index is 910. The van der Waals surface area contributed by atoms with E-state index in [-0.39, 0.29) is 6.61 Å². The fraction of sp³-hybridized carbons (Fsp3) is 0.360. The molecule has 33 heavy (non-hydrogen) atoms. The van der Waals surface area contributed by atoms with E-state index in [1.165, 1.54) is 5.56 Å². The molecule has 178 valence electrons. The number of aliphatic carboxylic acids is 2. The van der Waals surface area contributed by atoms with Gasteiger partial charge >= 0.3 is 11.9 Å². The Kier molecular flexibility index (Phi) is 11.7. The van der Waals surface area contributed by atoms with E-state index in [1.807, 2.05) is 56.3 Å². The predicted molar refractivity (Wildman–Crippen MR) is 124 cm³/mol. The van der Waals surface area contributed by atoms with Crippen LogP contribution in [0.5, 0.6) is 5.75 Å². The van der Waals surface area contributed by atoms with Crippen molar-refractivity contribution in [2.24, 2.45) is 0 Å². The molecule has 0 radical (unpaired) electrons. The van der Waals surface area contributed by atoms with Gasteiger partial charge in [-0.2, -0.15) is 0 Å². The number of terminal acetylenes is 1. The van der Waals surface area contributed by atoms with Crippen molar-refractivity contribution in [3.63, 3.8) is 0 Å². The lowest BCUT2D eigenvalue weighted by molar-refractivity contribution is -0.159. The summed E-state index contributed by atoms with van der Waals surface area (Å²) in [5.41, 5.74) is 1.44. The average molecular weight is 458 g/mol. The molecule has 0 saturated carbocycles. The van der Waals surface area contributed by atoms with Crippen molar-refractivity contribution in [2.45, 2.75) is 44.4 Å². The molecule has 8 heteroatoms. The number of hydrogen-bond acceptors (Lipinski definition) is 6. The Hall–Kier alpha value is -3.38. The normalized spacial score (nSPS) is 12.5. The zero-order chi connectivity index (χ0) is 24.9. The van der Waals surface area contributed by atoms with Crippen molar-refractivity contribution in [3.8, 4) is 18.1 Å². The van der Waals surface area contributed by atoms with Gasteiger partial charge in [0.15, 0.2) is 0 Å². The summed E-state index contributed by atoms with van der Waals surface area (Å²) in [6.45, 7) is 4.20. The van der Waals surface area contributed by atoms with E-state index in [9.17, 15) is 10.2 Å². The van der Waals surface area contributed by atoms with Crippen LogP contribution in [0.3, 0.4) is 0 Å². The number of benzene rings is 2. The fourth-order valence-electron chi connectivity index (χ4n) is 2.66. The molecule has 0 aliphatic heterocycles. The molecule has 0 saturated heterocycles. The summed E-state index contributed by atoms with van der Waals surface area (Å²) in [6, 6.07) is 17.5. The molecule has 2 rings (SSSR count). The van der Waals surface area contributed by atoms with Crippen LogP contribution in [0.2, 0.25) is 0 Å². The van der Waals surface area contributed by atoms with Gasteiger partial charge in [0.2, 0.25) is 0 Å². The summed E-state index contributed by atoms with van der Waals surface area (Å²) >= 11 is 0. The highest BCUT2D eigenvalue weighted by molar-refractivity contribution is 6.27. The molecular formula is C25H31NO7. The highest BCUT2D eigenvalue weighted by atomic mass is 16.5. The highest BCUT2D eigenvalue weighted by Crippen LogP contribution is 2.28. The molecule has 0 aliphatic carbocycles. The molecule has 2 atom stereocenters. The second-order valence-corrected chi connectivity index (χ2v) is 7.80. The topological polar surface area (TPSA) is 136 Å². The first-order chi connectivity index (χ1) is 15.6. The van der Waals surface area contributed by atoms with Gasteiger partial charge in [-0.25, -0.2) is 9.59 Å². The van der Waals surface area contributed by atoms with Crippen LogP contribution in [0.4, 0.5) is 0 Å². The van der Waals surface area contributed by atoms with Gasteiger partial charge in [0.05, 0.1) is 11.6 Å². The SMILES string of the molecule is C#CC(C)(C)NCC(O)COc1ccccc1C(O)CCc1ccccc1.O=C(O)C(=O)O. The van der Waals surface area contributed by atoms with Gasteiger partial charge in [-0.15, -0.1) is 6.42 Å². The third kappa shape index (κ3) is 11.2. The number of ether oxygens (including phenoxy) is 1. The average Bonchev–Trinajstić information content (AvgIpc) is 2.81. The first kappa shape index (κ1) is 27.7. The summed E-state index contributed by atoms with van der Waals surface area (Å²) in [5.74, 6) is -0.431. The second-order valence-electron chi connectivity index (χ2n) is 7.80. The lowest BCUT2D eigenvalue weighted by Crippen LogP contribution is -2.43. The quantitative estimate of drug-likeness (QED) is 0.271. The molecule has 0 aromatic heterocycles. The summed E-state index contributed by atoms with van der Waals surface area (Å²) < 4.78 is 5.77. The Balaban J connectivity index is 0.000000801. The number of aryl methyl sites for hydroxylation is 1. The number of nitrogens with one attached hydrogen (secondary N) is 1. The van der Waals surface area contributed by atoms with Gasteiger partial charge in [0, 0.05) is 12.1 Å². The molecular weight excluding hydrogens is 426 g/mol. The van der Waals surface area contributed by atoms with Crippen LogP contribution in [0.1, 0.15) is 37.5 Å². The summed E-state index contributed by atoms with van der Waals surface area (Å²) in [6.07, 6.45) is 5.48. The number of aliphatic hydroxyl groups excluding tert-OH is 2. The highest BCUT2D eigenvalue weighted by Gasteiger charge is 2.17. The predicted octanol–water partition coefficient (Wildman–Crippen LogP) is 2.25. The van der Waals surface area contributed by atoms with Crippen molar-refractivity contribution < 1.29 is 34.8 Å². The molecule has 5 N–H and O–H groups in total. The maximum Gasteiger partial charge on any atom is 0.414 e. The van der Waals surface area contributed by atoms with Crippen LogP contribution in [0.25, 0.3) is 0 Å². The number of para-hydroxylation sites is 1. The molecule has 0 fully saturated rings. The van der Waals surface area contributed by atoms with E-state index in [0.29, 0.717) is 18.7 Å². The smallest absolute Gasteiger partial charge is 0.414 e. The minimum Gasteiger partial charge on any atom is -0.490 e. The van der Waals surface area contributed by atoms with E-state index >= 15 is 0 Å². The van der Waals surface area contributed by atoms with Crippen molar-refractivity contribution in [2.75, 3.05) is 13.2 Å². The maximum absolute atomic E-state index is 10.6. The summed E-state index contributed by atoms with van der Waals surface area (Å²) in [4.78, 5) is 18.2.